The van der Waals surface area contributed by atoms with Gasteiger partial charge in [0.1, 0.15) is 0 Å². The van der Waals surface area contributed by atoms with Crippen LogP contribution in [0.4, 0.5) is 18.9 Å². The number of aromatic nitrogens is 1. The number of alkyl halides is 3. The Bertz CT molecular complexity index is 772. The molecule has 0 aliphatic carbocycles. The lowest BCUT2D eigenvalue weighted by atomic mass is 10.0. The van der Waals surface area contributed by atoms with Crippen LogP contribution in [0.25, 0.3) is 0 Å². The molecule has 1 amide bonds. The Labute approximate surface area is 156 Å². The SMILES string of the molecule is Cc1cccc(N(C(=O)c2cccnc2)C2CCN(CC(F)(F)F)CC2)c1. The van der Waals surface area contributed by atoms with Gasteiger partial charge in [0.05, 0.1) is 12.1 Å². The molecule has 0 unspecified atom stereocenters. The molecule has 1 aliphatic rings. The lowest BCUT2D eigenvalue weighted by molar-refractivity contribution is -0.147. The molecule has 7 heteroatoms. The number of anilines is 1. The zero-order valence-electron chi connectivity index (χ0n) is 15.1. The van der Waals surface area contributed by atoms with Gasteiger partial charge in [-0.25, -0.2) is 0 Å². The molecular weight excluding hydrogens is 355 g/mol. The van der Waals surface area contributed by atoms with Crippen LogP contribution in [-0.2, 0) is 0 Å². The largest absolute Gasteiger partial charge is 0.401 e. The average molecular weight is 377 g/mol. The van der Waals surface area contributed by atoms with Gasteiger partial charge in [-0.15, -0.1) is 0 Å². The van der Waals surface area contributed by atoms with Crippen LogP contribution in [-0.4, -0.2) is 47.6 Å². The van der Waals surface area contributed by atoms with E-state index in [2.05, 4.69) is 4.98 Å². The molecular formula is C20H22F3N3O. The Kier molecular flexibility index (Phi) is 5.79. The van der Waals surface area contributed by atoms with Gasteiger partial charge in [-0.1, -0.05) is 12.1 Å². The smallest absolute Gasteiger partial charge is 0.305 e. The Morgan fingerprint density at radius 3 is 2.56 bits per heavy atom. The van der Waals surface area contributed by atoms with Crippen LogP contribution < -0.4 is 4.90 Å². The molecule has 1 aromatic heterocycles. The number of carbonyl (C=O) groups excluding carboxylic acids is 1. The summed E-state index contributed by atoms with van der Waals surface area (Å²) in [6, 6.07) is 10.9. The zero-order chi connectivity index (χ0) is 19.4. The number of halogens is 3. The molecule has 0 N–H and O–H groups in total. The van der Waals surface area contributed by atoms with Crippen molar-refractivity contribution in [1.29, 1.82) is 0 Å². The Hall–Kier alpha value is -2.41. The minimum absolute atomic E-state index is 0.149. The fourth-order valence-corrected chi connectivity index (χ4v) is 3.49. The summed E-state index contributed by atoms with van der Waals surface area (Å²) in [5.41, 5.74) is 2.25. The van der Waals surface area contributed by atoms with E-state index < -0.39 is 12.7 Å². The number of amides is 1. The molecule has 0 bridgehead atoms. The fraction of sp³-hybridized carbons (Fsp3) is 0.400. The molecule has 27 heavy (non-hydrogen) atoms. The molecule has 1 aliphatic heterocycles. The first kappa shape index (κ1) is 19.4. The summed E-state index contributed by atoms with van der Waals surface area (Å²) in [6.45, 7) is 1.67. The molecule has 1 fully saturated rings. The number of benzene rings is 1. The second kappa shape index (κ2) is 8.08. The summed E-state index contributed by atoms with van der Waals surface area (Å²) < 4.78 is 37.9. The highest BCUT2D eigenvalue weighted by Crippen LogP contribution is 2.28. The lowest BCUT2D eigenvalue weighted by Crippen LogP contribution is -2.49. The zero-order valence-corrected chi connectivity index (χ0v) is 15.1. The number of rotatable bonds is 4. The van der Waals surface area contributed by atoms with Crippen molar-refractivity contribution in [3.05, 3.63) is 59.9 Å². The van der Waals surface area contributed by atoms with E-state index in [1.165, 1.54) is 11.1 Å². The number of hydrogen-bond donors (Lipinski definition) is 0. The maximum Gasteiger partial charge on any atom is 0.401 e. The van der Waals surface area contributed by atoms with E-state index in [0.29, 0.717) is 31.5 Å². The molecule has 0 atom stereocenters. The van der Waals surface area contributed by atoms with Crippen LogP contribution in [0, 0.1) is 6.92 Å². The van der Waals surface area contributed by atoms with Gasteiger partial charge in [0.15, 0.2) is 0 Å². The summed E-state index contributed by atoms with van der Waals surface area (Å²) in [6.07, 6.45) is -0.0893. The Balaban J connectivity index is 1.82. The highest BCUT2D eigenvalue weighted by atomic mass is 19.4. The van der Waals surface area contributed by atoms with Crippen molar-refractivity contribution in [2.75, 3.05) is 24.5 Å². The van der Waals surface area contributed by atoms with Gasteiger partial charge in [-0.3, -0.25) is 14.7 Å². The number of hydrogen-bond acceptors (Lipinski definition) is 3. The molecule has 3 rings (SSSR count). The first-order valence-electron chi connectivity index (χ1n) is 8.93. The van der Waals surface area contributed by atoms with Crippen LogP contribution in [0.5, 0.6) is 0 Å². The molecule has 144 valence electrons. The van der Waals surface area contributed by atoms with Gasteiger partial charge in [0.2, 0.25) is 0 Å². The van der Waals surface area contributed by atoms with E-state index in [4.69, 9.17) is 0 Å². The third kappa shape index (κ3) is 5.07. The van der Waals surface area contributed by atoms with E-state index in [9.17, 15) is 18.0 Å². The average Bonchev–Trinajstić information content (AvgIpc) is 2.63. The summed E-state index contributed by atoms with van der Waals surface area (Å²) in [7, 11) is 0. The molecule has 2 heterocycles. The van der Waals surface area contributed by atoms with Gasteiger partial charge >= 0.3 is 6.18 Å². The van der Waals surface area contributed by atoms with E-state index in [0.717, 1.165) is 11.3 Å². The summed E-state index contributed by atoms with van der Waals surface area (Å²) in [5, 5.41) is 0. The molecule has 0 spiro atoms. The van der Waals surface area contributed by atoms with Crippen molar-refractivity contribution in [2.45, 2.75) is 32.0 Å². The summed E-state index contributed by atoms with van der Waals surface area (Å²) in [4.78, 5) is 20.3. The van der Waals surface area contributed by atoms with Crippen molar-refractivity contribution in [1.82, 2.24) is 9.88 Å². The highest BCUT2D eigenvalue weighted by molar-refractivity contribution is 6.06. The van der Waals surface area contributed by atoms with Crippen LogP contribution in [0.1, 0.15) is 28.8 Å². The van der Waals surface area contributed by atoms with Crippen molar-refractivity contribution in [3.8, 4) is 0 Å². The standard InChI is InChI=1S/C20H22F3N3O/c1-15-4-2-6-18(12-15)26(19(27)16-5-3-9-24-13-16)17-7-10-25(11-8-17)14-20(21,22)23/h2-6,9,12-13,17H,7-8,10-11,14H2,1H3. The molecule has 4 nitrogen and oxygen atoms in total. The second-order valence-electron chi connectivity index (χ2n) is 6.88. The number of piperidine rings is 1. The van der Waals surface area contributed by atoms with Crippen LogP contribution in [0.15, 0.2) is 48.8 Å². The van der Waals surface area contributed by atoms with Crippen LogP contribution in [0.2, 0.25) is 0 Å². The Morgan fingerprint density at radius 1 is 1.22 bits per heavy atom. The highest BCUT2D eigenvalue weighted by Gasteiger charge is 2.35. The van der Waals surface area contributed by atoms with Gasteiger partial charge in [0, 0.05) is 37.2 Å². The quantitative estimate of drug-likeness (QED) is 0.806. The van der Waals surface area contributed by atoms with Crippen molar-refractivity contribution < 1.29 is 18.0 Å². The second-order valence-corrected chi connectivity index (χ2v) is 6.88. The normalized spacial score (nSPS) is 16.3. The van der Waals surface area contributed by atoms with Gasteiger partial charge in [-0.05, 0) is 49.6 Å². The number of carbonyl (C=O) groups is 1. The first-order chi connectivity index (χ1) is 12.8. The Morgan fingerprint density at radius 2 is 1.96 bits per heavy atom. The van der Waals surface area contributed by atoms with E-state index in [1.54, 1.807) is 23.2 Å². The maximum atomic E-state index is 13.2. The van der Waals surface area contributed by atoms with Crippen molar-refractivity contribution in [3.63, 3.8) is 0 Å². The van der Waals surface area contributed by atoms with Crippen LogP contribution >= 0.6 is 0 Å². The predicted octanol–water partition coefficient (Wildman–Crippen LogP) is 4.06. The van der Waals surface area contributed by atoms with Crippen molar-refractivity contribution in [2.24, 2.45) is 0 Å². The maximum absolute atomic E-state index is 13.2. The summed E-state index contributed by atoms with van der Waals surface area (Å²) >= 11 is 0. The number of pyridine rings is 1. The first-order valence-corrected chi connectivity index (χ1v) is 8.93. The minimum Gasteiger partial charge on any atom is -0.305 e. The monoisotopic (exact) mass is 377 g/mol. The third-order valence-corrected chi connectivity index (χ3v) is 4.73. The van der Waals surface area contributed by atoms with E-state index in [-0.39, 0.29) is 11.9 Å². The molecule has 2 aromatic rings. The van der Waals surface area contributed by atoms with Crippen LogP contribution in [0.3, 0.4) is 0 Å². The fourth-order valence-electron chi connectivity index (χ4n) is 3.49. The number of nitrogens with zero attached hydrogens (tertiary/aromatic N) is 3. The lowest BCUT2D eigenvalue weighted by Gasteiger charge is -2.39. The molecule has 1 aromatic carbocycles. The third-order valence-electron chi connectivity index (χ3n) is 4.73. The molecule has 1 saturated heterocycles. The molecule has 0 saturated carbocycles. The van der Waals surface area contributed by atoms with Gasteiger partial charge < -0.3 is 4.90 Å². The van der Waals surface area contributed by atoms with Gasteiger partial charge in [0.25, 0.3) is 5.91 Å². The van der Waals surface area contributed by atoms with E-state index in [1.807, 2.05) is 31.2 Å². The number of likely N-dealkylation sites (tertiary alicyclic amines) is 1. The van der Waals surface area contributed by atoms with Gasteiger partial charge in [-0.2, -0.15) is 13.2 Å². The predicted molar refractivity (Wildman–Crippen MR) is 97.7 cm³/mol. The summed E-state index contributed by atoms with van der Waals surface area (Å²) in [5.74, 6) is -0.178. The topological polar surface area (TPSA) is 36.4 Å². The number of aryl methyl sites for hydroxylation is 1. The van der Waals surface area contributed by atoms with Crippen molar-refractivity contribution >= 4 is 11.6 Å². The minimum atomic E-state index is -4.20. The molecule has 0 radical (unpaired) electrons. The van der Waals surface area contributed by atoms with E-state index >= 15 is 0 Å².